The van der Waals surface area contributed by atoms with Crippen LogP contribution in [-0.2, 0) is 16.6 Å². The van der Waals surface area contributed by atoms with Gasteiger partial charge >= 0.3 is 0 Å². The first-order valence-electron chi connectivity index (χ1n) is 10.3. The van der Waals surface area contributed by atoms with Crippen LogP contribution >= 0.6 is 11.3 Å². The maximum absolute atomic E-state index is 12.7. The normalized spacial score (nSPS) is 16.0. The number of rotatable bonds is 6. The molecule has 4 heterocycles. The first-order valence-corrected chi connectivity index (χ1v) is 12.6. The summed E-state index contributed by atoms with van der Waals surface area (Å²) in [6.07, 6.45) is 3.40. The highest BCUT2D eigenvalue weighted by molar-refractivity contribution is 7.91. The molecule has 1 fully saturated rings. The van der Waals surface area contributed by atoms with Crippen molar-refractivity contribution in [2.75, 3.05) is 18.4 Å². The molecule has 0 atom stereocenters. The largest absolute Gasteiger partial charge is 0.380 e. The van der Waals surface area contributed by atoms with Crippen molar-refractivity contribution in [3.05, 3.63) is 77.6 Å². The van der Waals surface area contributed by atoms with Gasteiger partial charge < -0.3 is 5.32 Å². The fraction of sp³-hybridized carbons (Fsp3) is 0.273. The van der Waals surface area contributed by atoms with Crippen molar-refractivity contribution >= 4 is 32.7 Å². The Balaban J connectivity index is 1.26. The van der Waals surface area contributed by atoms with Gasteiger partial charge in [0.15, 0.2) is 11.5 Å². The van der Waals surface area contributed by atoms with Gasteiger partial charge in [-0.15, -0.1) is 11.3 Å². The summed E-state index contributed by atoms with van der Waals surface area (Å²) >= 11 is 1.26. The van der Waals surface area contributed by atoms with E-state index in [0.29, 0.717) is 17.3 Å². The predicted octanol–water partition coefficient (Wildman–Crippen LogP) is 3.97. The number of sulfonamides is 1. The van der Waals surface area contributed by atoms with Crippen LogP contribution in [0.3, 0.4) is 0 Å². The third kappa shape index (κ3) is 4.21. The van der Waals surface area contributed by atoms with Gasteiger partial charge in [-0.25, -0.2) is 17.9 Å². The zero-order valence-electron chi connectivity index (χ0n) is 16.9. The number of piperidine rings is 1. The monoisotopic (exact) mass is 453 g/mol. The minimum absolute atomic E-state index is 0.162. The molecular weight excluding hydrogens is 430 g/mol. The van der Waals surface area contributed by atoms with Crippen molar-refractivity contribution in [2.45, 2.75) is 29.5 Å². The van der Waals surface area contributed by atoms with Crippen LogP contribution in [0.15, 0.2) is 70.4 Å². The topological polar surface area (TPSA) is 79.6 Å². The van der Waals surface area contributed by atoms with Gasteiger partial charge in [-0.1, -0.05) is 36.4 Å². The summed E-state index contributed by atoms with van der Waals surface area (Å²) in [4.78, 5) is 4.69. The van der Waals surface area contributed by atoms with E-state index < -0.39 is 10.0 Å². The summed E-state index contributed by atoms with van der Waals surface area (Å²) in [5.41, 5.74) is 2.99. The lowest BCUT2D eigenvalue weighted by Crippen LogP contribution is -2.37. The summed E-state index contributed by atoms with van der Waals surface area (Å²) in [6, 6.07) is 17.6. The third-order valence-corrected chi connectivity index (χ3v) is 8.87. The molecule has 0 spiro atoms. The predicted molar refractivity (Wildman–Crippen MR) is 122 cm³/mol. The summed E-state index contributed by atoms with van der Waals surface area (Å²) in [5.74, 6) is 0.948. The molecule has 31 heavy (non-hydrogen) atoms. The van der Waals surface area contributed by atoms with Gasteiger partial charge in [0.05, 0.1) is 11.9 Å². The van der Waals surface area contributed by atoms with Gasteiger partial charge in [0.2, 0.25) is 0 Å². The Morgan fingerprint density at radius 3 is 2.58 bits per heavy atom. The summed E-state index contributed by atoms with van der Waals surface area (Å²) in [6.45, 7) is 1.72. The molecule has 7 nitrogen and oxygen atoms in total. The zero-order chi connectivity index (χ0) is 21.3. The number of benzene rings is 1. The standard InChI is InChI=1S/C22H23N5O2S2/c28-31(29,21-7-4-14-30-21)26-12-10-18(11-13-26)22-24-20-9-8-19(16-27(20)25-22)23-15-17-5-2-1-3-6-17/h1-9,14,16,18,23H,10-13,15H2. The highest BCUT2D eigenvalue weighted by Gasteiger charge is 2.32. The number of pyridine rings is 1. The smallest absolute Gasteiger partial charge is 0.252 e. The lowest BCUT2D eigenvalue weighted by molar-refractivity contribution is 0.314. The number of hydrogen-bond donors (Lipinski definition) is 1. The van der Waals surface area contributed by atoms with Gasteiger partial charge in [0, 0.05) is 25.6 Å². The van der Waals surface area contributed by atoms with Crippen LogP contribution in [0.25, 0.3) is 5.65 Å². The molecule has 0 aliphatic carbocycles. The summed E-state index contributed by atoms with van der Waals surface area (Å²) in [5, 5.41) is 9.90. The molecule has 0 saturated carbocycles. The van der Waals surface area contributed by atoms with Crippen molar-refractivity contribution in [3.8, 4) is 0 Å². The quantitative estimate of drug-likeness (QED) is 0.478. The number of nitrogens with zero attached hydrogens (tertiary/aromatic N) is 4. The Kier molecular flexibility index (Phi) is 5.47. The van der Waals surface area contributed by atoms with Gasteiger partial charge in [0.1, 0.15) is 4.21 Å². The number of anilines is 1. The SMILES string of the molecule is O=S(=O)(c1cccs1)N1CCC(c2nc3ccc(NCc4ccccc4)cn3n2)CC1. The minimum Gasteiger partial charge on any atom is -0.380 e. The van der Waals surface area contributed by atoms with Crippen LogP contribution < -0.4 is 5.32 Å². The number of nitrogens with one attached hydrogen (secondary N) is 1. The summed E-state index contributed by atoms with van der Waals surface area (Å²) < 4.78 is 29.2. The fourth-order valence-electron chi connectivity index (χ4n) is 3.87. The first kappa shape index (κ1) is 20.2. The Morgan fingerprint density at radius 1 is 1.03 bits per heavy atom. The Bertz CT molecular complexity index is 1260. The van der Waals surface area contributed by atoms with E-state index in [1.54, 1.807) is 26.3 Å². The zero-order valence-corrected chi connectivity index (χ0v) is 18.5. The molecule has 0 amide bonds. The average molecular weight is 454 g/mol. The molecular formula is C22H23N5O2S2. The van der Waals surface area contributed by atoms with E-state index in [-0.39, 0.29) is 5.92 Å². The number of thiophene rings is 1. The number of fused-ring (bicyclic) bond motifs is 1. The molecule has 1 aromatic carbocycles. The fourth-order valence-corrected chi connectivity index (χ4v) is 6.48. The van der Waals surface area contributed by atoms with Gasteiger partial charge in [-0.05, 0) is 42.0 Å². The molecule has 160 valence electrons. The average Bonchev–Trinajstić information content (AvgIpc) is 3.49. The number of aromatic nitrogens is 3. The van der Waals surface area contributed by atoms with E-state index in [0.717, 1.165) is 36.5 Å². The van der Waals surface area contributed by atoms with E-state index in [1.165, 1.54) is 16.9 Å². The molecule has 4 aromatic rings. The van der Waals surface area contributed by atoms with Crippen LogP contribution in [-0.4, -0.2) is 40.4 Å². The van der Waals surface area contributed by atoms with E-state index in [1.807, 2.05) is 36.5 Å². The van der Waals surface area contributed by atoms with Crippen LogP contribution in [0.5, 0.6) is 0 Å². The van der Waals surface area contributed by atoms with Crippen molar-refractivity contribution < 1.29 is 8.42 Å². The lowest BCUT2D eigenvalue weighted by atomic mass is 9.98. The molecule has 3 aromatic heterocycles. The Hall–Kier alpha value is -2.75. The van der Waals surface area contributed by atoms with E-state index in [4.69, 9.17) is 4.98 Å². The first-order chi connectivity index (χ1) is 15.1. The van der Waals surface area contributed by atoms with E-state index >= 15 is 0 Å². The molecule has 1 aliphatic rings. The van der Waals surface area contributed by atoms with E-state index in [2.05, 4.69) is 22.5 Å². The molecule has 5 rings (SSSR count). The van der Waals surface area contributed by atoms with Gasteiger partial charge in [0.25, 0.3) is 10.0 Å². The van der Waals surface area contributed by atoms with Gasteiger partial charge in [-0.3, -0.25) is 0 Å². The third-order valence-electron chi connectivity index (χ3n) is 5.60. The Labute approximate surface area is 185 Å². The molecule has 0 unspecified atom stereocenters. The minimum atomic E-state index is -3.39. The second kappa shape index (κ2) is 8.41. The molecule has 0 radical (unpaired) electrons. The van der Waals surface area contributed by atoms with Crippen molar-refractivity contribution in [2.24, 2.45) is 0 Å². The maximum Gasteiger partial charge on any atom is 0.252 e. The maximum atomic E-state index is 12.7. The highest BCUT2D eigenvalue weighted by atomic mass is 32.2. The van der Waals surface area contributed by atoms with Crippen LogP contribution in [0.2, 0.25) is 0 Å². The van der Waals surface area contributed by atoms with Crippen molar-refractivity contribution in [3.63, 3.8) is 0 Å². The molecule has 9 heteroatoms. The van der Waals surface area contributed by atoms with E-state index in [9.17, 15) is 8.42 Å². The highest BCUT2D eigenvalue weighted by Crippen LogP contribution is 2.30. The van der Waals surface area contributed by atoms with Gasteiger partial charge in [-0.2, -0.15) is 9.40 Å². The molecule has 0 bridgehead atoms. The van der Waals surface area contributed by atoms with Crippen LogP contribution in [0.1, 0.15) is 30.1 Å². The summed E-state index contributed by atoms with van der Waals surface area (Å²) in [7, 11) is -3.39. The molecule has 1 saturated heterocycles. The number of hydrogen-bond acceptors (Lipinski definition) is 6. The van der Waals surface area contributed by atoms with Crippen LogP contribution in [0.4, 0.5) is 5.69 Å². The Morgan fingerprint density at radius 2 is 1.84 bits per heavy atom. The van der Waals surface area contributed by atoms with Crippen LogP contribution in [0, 0.1) is 0 Å². The van der Waals surface area contributed by atoms with Crippen molar-refractivity contribution in [1.29, 1.82) is 0 Å². The second-order valence-corrected chi connectivity index (χ2v) is 10.8. The molecule has 1 aliphatic heterocycles. The lowest BCUT2D eigenvalue weighted by Gasteiger charge is -2.29. The molecule has 1 N–H and O–H groups in total. The second-order valence-electron chi connectivity index (χ2n) is 7.64. The van der Waals surface area contributed by atoms with Crippen molar-refractivity contribution in [1.82, 2.24) is 18.9 Å².